The van der Waals surface area contributed by atoms with Crippen LogP contribution in [0.2, 0.25) is 5.02 Å². The Balaban J connectivity index is 2.11. The van der Waals surface area contributed by atoms with Crippen molar-refractivity contribution in [3.63, 3.8) is 0 Å². The van der Waals surface area contributed by atoms with E-state index < -0.39 is 11.4 Å². The minimum Gasteiger partial charge on any atom is -0.381 e. The van der Waals surface area contributed by atoms with Crippen LogP contribution < -0.4 is 5.73 Å². The van der Waals surface area contributed by atoms with Gasteiger partial charge in [-0.05, 0) is 30.5 Å². The fourth-order valence-corrected chi connectivity index (χ4v) is 2.19. The zero-order valence-corrected chi connectivity index (χ0v) is 10.7. The van der Waals surface area contributed by atoms with Crippen molar-refractivity contribution < 1.29 is 13.9 Å². The van der Waals surface area contributed by atoms with Crippen LogP contribution in [0.1, 0.15) is 18.4 Å². The summed E-state index contributed by atoms with van der Waals surface area (Å²) in [7, 11) is 0. The van der Waals surface area contributed by atoms with Gasteiger partial charge < -0.3 is 10.5 Å². The Hall–Kier alpha value is -0.970. The fourth-order valence-electron chi connectivity index (χ4n) is 2.03. The summed E-state index contributed by atoms with van der Waals surface area (Å²) in [5.74, 6) is -0.612. The number of rotatable bonds is 3. The van der Waals surface area contributed by atoms with E-state index in [0.29, 0.717) is 36.6 Å². The molecule has 1 aromatic rings. The van der Waals surface area contributed by atoms with E-state index in [1.54, 1.807) is 6.07 Å². The molecule has 0 bridgehead atoms. The Labute approximate surface area is 110 Å². The third-order valence-corrected chi connectivity index (χ3v) is 3.54. The minimum absolute atomic E-state index is 0.000494. The van der Waals surface area contributed by atoms with Crippen molar-refractivity contribution in [1.29, 1.82) is 0 Å². The molecule has 1 fully saturated rings. The molecule has 0 atom stereocenters. The van der Waals surface area contributed by atoms with Crippen molar-refractivity contribution in [3.8, 4) is 0 Å². The Morgan fingerprint density at radius 1 is 1.44 bits per heavy atom. The number of nitrogens with two attached hydrogens (primary N) is 1. The highest BCUT2D eigenvalue weighted by Gasteiger charge is 2.35. The first-order valence-corrected chi connectivity index (χ1v) is 6.23. The number of ether oxygens (including phenoxy) is 1. The van der Waals surface area contributed by atoms with Crippen LogP contribution in [0, 0.1) is 5.82 Å². The van der Waals surface area contributed by atoms with Gasteiger partial charge in [-0.2, -0.15) is 0 Å². The normalized spacial score (nSPS) is 18.6. The maximum Gasteiger partial charge on any atom is 0.157 e. The molecule has 18 heavy (non-hydrogen) atoms. The first kappa shape index (κ1) is 13.5. The zero-order chi connectivity index (χ0) is 13.2. The second kappa shape index (κ2) is 5.34. The zero-order valence-electron chi connectivity index (χ0n) is 9.92. The molecule has 1 aliphatic rings. The van der Waals surface area contributed by atoms with Crippen LogP contribution in [0.4, 0.5) is 4.39 Å². The molecule has 5 heteroatoms. The minimum atomic E-state index is -0.885. The Bertz CT molecular complexity index is 458. The van der Waals surface area contributed by atoms with E-state index >= 15 is 0 Å². The van der Waals surface area contributed by atoms with Crippen LogP contribution in [-0.4, -0.2) is 24.5 Å². The van der Waals surface area contributed by atoms with Gasteiger partial charge in [-0.3, -0.25) is 4.79 Å². The molecule has 1 aliphatic heterocycles. The molecule has 2 rings (SSSR count). The molecule has 0 spiro atoms. The smallest absolute Gasteiger partial charge is 0.157 e. The monoisotopic (exact) mass is 271 g/mol. The maximum atomic E-state index is 13.6. The number of halogens is 2. The van der Waals surface area contributed by atoms with Gasteiger partial charge >= 0.3 is 0 Å². The summed E-state index contributed by atoms with van der Waals surface area (Å²) in [4.78, 5) is 12.1. The largest absolute Gasteiger partial charge is 0.381 e. The molecule has 3 nitrogen and oxygen atoms in total. The molecule has 2 N–H and O–H groups in total. The highest BCUT2D eigenvalue weighted by atomic mass is 35.5. The third kappa shape index (κ3) is 2.88. The molecule has 0 aromatic heterocycles. The molecule has 0 saturated carbocycles. The average molecular weight is 272 g/mol. The molecule has 0 unspecified atom stereocenters. The van der Waals surface area contributed by atoms with E-state index in [1.165, 1.54) is 12.1 Å². The number of benzene rings is 1. The van der Waals surface area contributed by atoms with Gasteiger partial charge in [-0.25, -0.2) is 4.39 Å². The van der Waals surface area contributed by atoms with E-state index in [-0.39, 0.29) is 12.2 Å². The Kier molecular flexibility index (Phi) is 4.00. The summed E-state index contributed by atoms with van der Waals surface area (Å²) < 4.78 is 18.8. The van der Waals surface area contributed by atoms with Gasteiger partial charge in [0.05, 0.1) is 5.54 Å². The van der Waals surface area contributed by atoms with E-state index in [9.17, 15) is 9.18 Å². The number of Topliss-reactive ketones (excluding diaryl/α,β-unsaturated/α-hetero) is 1. The summed E-state index contributed by atoms with van der Waals surface area (Å²) in [6.07, 6.45) is 0.974. The molecule has 0 amide bonds. The first-order chi connectivity index (χ1) is 8.51. The van der Waals surface area contributed by atoms with Crippen molar-refractivity contribution in [3.05, 3.63) is 34.6 Å². The van der Waals surface area contributed by atoms with Crippen LogP contribution in [-0.2, 0) is 16.0 Å². The number of carbonyl (C=O) groups excluding carboxylic acids is 1. The van der Waals surface area contributed by atoms with Crippen LogP contribution in [0.25, 0.3) is 0 Å². The summed E-state index contributed by atoms with van der Waals surface area (Å²) in [6, 6.07) is 4.30. The number of ketones is 1. The average Bonchev–Trinajstić information content (AvgIpc) is 2.33. The maximum absolute atomic E-state index is 13.6. The van der Waals surface area contributed by atoms with E-state index in [4.69, 9.17) is 22.1 Å². The Morgan fingerprint density at radius 2 is 2.11 bits per heavy atom. The van der Waals surface area contributed by atoms with Crippen LogP contribution in [0.3, 0.4) is 0 Å². The summed E-state index contributed by atoms with van der Waals surface area (Å²) in [5, 5.41) is 0.317. The van der Waals surface area contributed by atoms with Crippen molar-refractivity contribution in [2.24, 2.45) is 5.73 Å². The van der Waals surface area contributed by atoms with Gasteiger partial charge in [0.2, 0.25) is 0 Å². The first-order valence-electron chi connectivity index (χ1n) is 5.85. The topological polar surface area (TPSA) is 52.3 Å². The van der Waals surface area contributed by atoms with Crippen LogP contribution in [0.15, 0.2) is 18.2 Å². The van der Waals surface area contributed by atoms with Gasteiger partial charge in [0.25, 0.3) is 0 Å². The molecule has 0 radical (unpaired) electrons. The van der Waals surface area contributed by atoms with Crippen LogP contribution in [0.5, 0.6) is 0 Å². The quantitative estimate of drug-likeness (QED) is 0.916. The van der Waals surface area contributed by atoms with Crippen molar-refractivity contribution >= 4 is 17.4 Å². The van der Waals surface area contributed by atoms with Gasteiger partial charge in [0.1, 0.15) is 5.82 Å². The highest BCUT2D eigenvalue weighted by molar-refractivity contribution is 6.30. The van der Waals surface area contributed by atoms with Gasteiger partial charge in [0, 0.05) is 24.7 Å². The van der Waals surface area contributed by atoms with Crippen molar-refractivity contribution in [2.45, 2.75) is 24.8 Å². The Morgan fingerprint density at radius 3 is 2.72 bits per heavy atom. The highest BCUT2D eigenvalue weighted by Crippen LogP contribution is 2.22. The number of carbonyl (C=O) groups is 1. The van der Waals surface area contributed by atoms with E-state index in [2.05, 4.69) is 0 Å². The molecule has 1 saturated heterocycles. The fraction of sp³-hybridized carbons (Fsp3) is 0.462. The molecular weight excluding hydrogens is 257 g/mol. The lowest BCUT2D eigenvalue weighted by molar-refractivity contribution is -0.126. The van der Waals surface area contributed by atoms with Gasteiger partial charge in [-0.1, -0.05) is 17.7 Å². The predicted molar refractivity (Wildman–Crippen MR) is 67.1 cm³/mol. The summed E-state index contributed by atoms with van der Waals surface area (Å²) in [6.45, 7) is 0.955. The second-order valence-corrected chi connectivity index (χ2v) is 5.04. The SMILES string of the molecule is NC1(C(=O)Cc2ccc(Cl)cc2F)CCOCC1. The summed E-state index contributed by atoms with van der Waals surface area (Å²) in [5.41, 5.74) is 5.50. The third-order valence-electron chi connectivity index (χ3n) is 3.31. The van der Waals surface area contributed by atoms with Crippen molar-refractivity contribution in [1.82, 2.24) is 0 Å². The lowest BCUT2D eigenvalue weighted by Gasteiger charge is -2.31. The van der Waals surface area contributed by atoms with Crippen molar-refractivity contribution in [2.75, 3.05) is 13.2 Å². The number of hydrogen-bond acceptors (Lipinski definition) is 3. The lowest BCUT2D eigenvalue weighted by Crippen LogP contribution is -2.52. The number of hydrogen-bond donors (Lipinski definition) is 1. The molecule has 98 valence electrons. The molecule has 1 aromatic carbocycles. The van der Waals surface area contributed by atoms with Gasteiger partial charge in [0.15, 0.2) is 5.78 Å². The predicted octanol–water partition coefficient (Wildman–Crippen LogP) is 2.10. The van der Waals surface area contributed by atoms with E-state index in [1.807, 2.05) is 0 Å². The molecule has 1 heterocycles. The molecular formula is C13H15ClFNO2. The second-order valence-electron chi connectivity index (χ2n) is 4.60. The molecule has 0 aliphatic carbocycles. The summed E-state index contributed by atoms with van der Waals surface area (Å²) >= 11 is 5.66. The van der Waals surface area contributed by atoms with Gasteiger partial charge in [-0.15, -0.1) is 0 Å². The lowest BCUT2D eigenvalue weighted by atomic mass is 9.84. The standard InChI is InChI=1S/C13H15ClFNO2/c14-10-2-1-9(11(15)8-10)7-12(17)13(16)3-5-18-6-4-13/h1-2,8H,3-7,16H2. The van der Waals surface area contributed by atoms with E-state index in [0.717, 1.165) is 0 Å². The van der Waals surface area contributed by atoms with Crippen LogP contribution >= 0.6 is 11.6 Å².